The zero-order chi connectivity index (χ0) is 18.0. The molecule has 0 bridgehead atoms. The van der Waals surface area contributed by atoms with Gasteiger partial charge in [0, 0.05) is 26.2 Å². The van der Waals surface area contributed by atoms with Crippen molar-refractivity contribution in [3.63, 3.8) is 0 Å². The monoisotopic (exact) mass is 344 g/mol. The van der Waals surface area contributed by atoms with Crippen LogP contribution in [0.1, 0.15) is 11.4 Å². The molecular formula is C16H17FN6O2. The van der Waals surface area contributed by atoms with Gasteiger partial charge >= 0.3 is 5.69 Å². The van der Waals surface area contributed by atoms with Crippen molar-refractivity contribution >= 4 is 11.5 Å². The topological polar surface area (TPSA) is 90.8 Å². The van der Waals surface area contributed by atoms with Crippen molar-refractivity contribution in [2.45, 2.75) is 13.3 Å². The molecule has 25 heavy (non-hydrogen) atoms. The van der Waals surface area contributed by atoms with Crippen molar-refractivity contribution in [3.05, 3.63) is 63.8 Å². The molecule has 8 nitrogen and oxygen atoms in total. The predicted octanol–water partition coefficient (Wildman–Crippen LogP) is 2.62. The van der Waals surface area contributed by atoms with E-state index in [0.717, 1.165) is 11.4 Å². The molecule has 0 saturated heterocycles. The molecule has 2 aromatic heterocycles. The number of rotatable bonds is 6. The third-order valence-corrected chi connectivity index (χ3v) is 3.78. The van der Waals surface area contributed by atoms with Gasteiger partial charge in [0.15, 0.2) is 0 Å². The SMILES string of the molecule is Cc1nn(C)c(NCCc2ccn(-c3ccc(F)cc3)n2)c1[N+](=O)[O-]. The molecular weight excluding hydrogens is 327 g/mol. The van der Waals surface area contributed by atoms with E-state index in [1.165, 1.54) is 16.8 Å². The maximum Gasteiger partial charge on any atom is 0.333 e. The van der Waals surface area contributed by atoms with Gasteiger partial charge in [0.25, 0.3) is 0 Å². The molecule has 0 aliphatic rings. The van der Waals surface area contributed by atoms with Crippen LogP contribution >= 0.6 is 0 Å². The molecule has 0 fully saturated rings. The van der Waals surface area contributed by atoms with Crippen LogP contribution < -0.4 is 5.32 Å². The summed E-state index contributed by atoms with van der Waals surface area (Å²) in [6.07, 6.45) is 2.37. The third kappa shape index (κ3) is 3.49. The van der Waals surface area contributed by atoms with Crippen LogP contribution in [0.25, 0.3) is 5.69 Å². The van der Waals surface area contributed by atoms with E-state index in [4.69, 9.17) is 0 Å². The van der Waals surface area contributed by atoms with Crippen LogP contribution in [-0.2, 0) is 13.5 Å². The number of halogens is 1. The van der Waals surface area contributed by atoms with Gasteiger partial charge < -0.3 is 5.32 Å². The number of anilines is 1. The summed E-state index contributed by atoms with van der Waals surface area (Å²) in [7, 11) is 1.66. The maximum atomic E-state index is 13.0. The van der Waals surface area contributed by atoms with E-state index in [-0.39, 0.29) is 11.5 Å². The van der Waals surface area contributed by atoms with Gasteiger partial charge in [-0.05, 0) is 37.3 Å². The lowest BCUT2D eigenvalue weighted by molar-refractivity contribution is -0.384. The Bertz CT molecular complexity index is 900. The molecule has 0 radical (unpaired) electrons. The number of benzene rings is 1. The fraction of sp³-hybridized carbons (Fsp3) is 0.250. The summed E-state index contributed by atoms with van der Waals surface area (Å²) in [5, 5.41) is 22.7. The summed E-state index contributed by atoms with van der Waals surface area (Å²) < 4.78 is 16.1. The van der Waals surface area contributed by atoms with Crippen LogP contribution in [-0.4, -0.2) is 31.0 Å². The molecule has 1 aromatic carbocycles. The van der Waals surface area contributed by atoms with E-state index in [2.05, 4.69) is 15.5 Å². The lowest BCUT2D eigenvalue weighted by Crippen LogP contribution is -2.10. The first-order valence-electron chi connectivity index (χ1n) is 7.68. The Morgan fingerprint density at radius 3 is 2.64 bits per heavy atom. The summed E-state index contributed by atoms with van der Waals surface area (Å²) in [6.45, 7) is 2.08. The summed E-state index contributed by atoms with van der Waals surface area (Å²) >= 11 is 0. The average Bonchev–Trinajstić information content (AvgIpc) is 3.13. The number of nitrogens with one attached hydrogen (secondary N) is 1. The minimum atomic E-state index is -0.437. The van der Waals surface area contributed by atoms with Gasteiger partial charge in [-0.3, -0.25) is 10.1 Å². The van der Waals surface area contributed by atoms with Crippen molar-refractivity contribution in [2.75, 3.05) is 11.9 Å². The number of aromatic nitrogens is 4. The lowest BCUT2D eigenvalue weighted by atomic mass is 10.3. The van der Waals surface area contributed by atoms with E-state index >= 15 is 0 Å². The Labute approximate surface area is 143 Å². The molecule has 9 heteroatoms. The molecule has 0 saturated carbocycles. The highest BCUT2D eigenvalue weighted by molar-refractivity contribution is 5.59. The Hall–Kier alpha value is -3.23. The zero-order valence-corrected chi connectivity index (χ0v) is 13.8. The third-order valence-electron chi connectivity index (χ3n) is 3.78. The van der Waals surface area contributed by atoms with Gasteiger partial charge in [-0.15, -0.1) is 0 Å². The molecule has 3 rings (SSSR count). The van der Waals surface area contributed by atoms with Crippen LogP contribution in [0.15, 0.2) is 36.5 Å². The Balaban J connectivity index is 1.66. The van der Waals surface area contributed by atoms with E-state index < -0.39 is 4.92 Å². The first-order valence-corrected chi connectivity index (χ1v) is 7.68. The average molecular weight is 344 g/mol. The summed E-state index contributed by atoms with van der Waals surface area (Å²) in [5.74, 6) is 0.0776. The van der Waals surface area contributed by atoms with Crippen LogP contribution in [0.5, 0.6) is 0 Å². The number of nitrogens with zero attached hydrogens (tertiary/aromatic N) is 5. The quantitative estimate of drug-likeness (QED) is 0.548. The second-order valence-corrected chi connectivity index (χ2v) is 5.57. The smallest absolute Gasteiger partial charge is 0.333 e. The van der Waals surface area contributed by atoms with Crippen molar-refractivity contribution < 1.29 is 9.31 Å². The number of nitro groups is 1. The Kier molecular flexibility index (Phi) is 4.46. The maximum absolute atomic E-state index is 13.0. The molecule has 1 N–H and O–H groups in total. The van der Waals surface area contributed by atoms with Crippen LogP contribution in [0.4, 0.5) is 15.9 Å². The molecule has 0 spiro atoms. The fourth-order valence-electron chi connectivity index (χ4n) is 2.61. The van der Waals surface area contributed by atoms with Crippen molar-refractivity contribution in [1.82, 2.24) is 19.6 Å². The molecule has 0 aliphatic heterocycles. The molecule has 0 atom stereocenters. The second kappa shape index (κ2) is 6.71. The Morgan fingerprint density at radius 2 is 1.96 bits per heavy atom. The van der Waals surface area contributed by atoms with E-state index in [1.54, 1.807) is 37.0 Å². The van der Waals surface area contributed by atoms with Crippen molar-refractivity contribution in [2.24, 2.45) is 7.05 Å². The van der Waals surface area contributed by atoms with Gasteiger partial charge in [-0.2, -0.15) is 10.2 Å². The highest BCUT2D eigenvalue weighted by atomic mass is 19.1. The fourth-order valence-corrected chi connectivity index (χ4v) is 2.61. The van der Waals surface area contributed by atoms with E-state index in [1.807, 2.05) is 6.07 Å². The Morgan fingerprint density at radius 1 is 1.24 bits per heavy atom. The van der Waals surface area contributed by atoms with Gasteiger partial charge in [-0.25, -0.2) is 13.8 Å². The predicted molar refractivity (Wildman–Crippen MR) is 90.3 cm³/mol. The largest absolute Gasteiger partial charge is 0.364 e. The van der Waals surface area contributed by atoms with Crippen molar-refractivity contribution in [1.29, 1.82) is 0 Å². The highest BCUT2D eigenvalue weighted by Gasteiger charge is 2.23. The minimum absolute atomic E-state index is 0.0145. The summed E-state index contributed by atoms with van der Waals surface area (Å²) in [4.78, 5) is 10.7. The molecule has 0 aliphatic carbocycles. The molecule has 130 valence electrons. The number of aryl methyl sites for hydroxylation is 2. The molecule has 2 heterocycles. The van der Waals surface area contributed by atoms with Crippen molar-refractivity contribution in [3.8, 4) is 5.69 Å². The second-order valence-electron chi connectivity index (χ2n) is 5.57. The number of hydrogen-bond donors (Lipinski definition) is 1. The zero-order valence-electron chi connectivity index (χ0n) is 13.8. The first-order chi connectivity index (χ1) is 12.0. The summed E-state index contributed by atoms with van der Waals surface area (Å²) in [6, 6.07) is 7.90. The van der Waals surface area contributed by atoms with Crippen LogP contribution in [0.3, 0.4) is 0 Å². The normalized spacial score (nSPS) is 10.8. The first kappa shape index (κ1) is 16.6. The highest BCUT2D eigenvalue weighted by Crippen LogP contribution is 2.27. The van der Waals surface area contributed by atoms with Crippen LogP contribution in [0.2, 0.25) is 0 Å². The lowest BCUT2D eigenvalue weighted by Gasteiger charge is -2.05. The number of hydrogen-bond acceptors (Lipinski definition) is 5. The van der Waals surface area contributed by atoms with Gasteiger partial charge in [-0.1, -0.05) is 0 Å². The van der Waals surface area contributed by atoms with Gasteiger partial charge in [0.1, 0.15) is 11.5 Å². The standard InChI is InChI=1S/C16H17FN6O2/c1-11-15(23(24)25)16(21(2)19-11)18-9-7-13-8-10-22(20-13)14-5-3-12(17)4-6-14/h3-6,8,10,18H,7,9H2,1-2H3. The van der Waals surface area contributed by atoms with Gasteiger partial charge in [0.2, 0.25) is 5.82 Å². The van der Waals surface area contributed by atoms with Gasteiger partial charge in [0.05, 0.1) is 16.3 Å². The van der Waals surface area contributed by atoms with E-state index in [0.29, 0.717) is 24.5 Å². The van der Waals surface area contributed by atoms with E-state index in [9.17, 15) is 14.5 Å². The molecule has 0 unspecified atom stereocenters. The molecule has 0 amide bonds. The minimum Gasteiger partial charge on any atom is -0.364 e. The molecule has 3 aromatic rings. The van der Waals surface area contributed by atoms with Crippen LogP contribution in [0, 0.1) is 22.9 Å². The summed E-state index contributed by atoms with van der Waals surface area (Å²) in [5.41, 5.74) is 1.94.